The van der Waals surface area contributed by atoms with Crippen LogP contribution in [0.15, 0.2) is 66.7 Å². The number of carboxylic acid groups (broad SMARTS) is 1. The van der Waals surface area contributed by atoms with Gasteiger partial charge in [-0.2, -0.15) is 0 Å². The molecule has 1 heterocycles. The maximum Gasteiger partial charge on any atom is 0.336 e. The van der Waals surface area contributed by atoms with E-state index < -0.39 is 5.97 Å². The number of hydrogen-bond acceptors (Lipinski definition) is 3. The van der Waals surface area contributed by atoms with Crippen LogP contribution in [0.1, 0.15) is 41.3 Å². The van der Waals surface area contributed by atoms with Crippen molar-refractivity contribution < 1.29 is 14.3 Å². The van der Waals surface area contributed by atoms with Crippen LogP contribution < -0.4 is 4.90 Å². The number of piperazine rings is 1. The van der Waals surface area contributed by atoms with Crippen molar-refractivity contribution in [2.24, 2.45) is 0 Å². The van der Waals surface area contributed by atoms with Gasteiger partial charge in [-0.05, 0) is 71.6 Å². The third-order valence-electron chi connectivity index (χ3n) is 6.37. The van der Waals surface area contributed by atoms with E-state index in [1.54, 1.807) is 24.3 Å². The highest BCUT2D eigenvalue weighted by atomic mass is 19.1. The van der Waals surface area contributed by atoms with Crippen LogP contribution >= 0.6 is 0 Å². The normalized spacial score (nSPS) is 14.6. The Hall–Kier alpha value is -3.44. The molecule has 34 heavy (non-hydrogen) atoms. The molecule has 1 saturated heterocycles. The molecular weight excluding hydrogens is 427 g/mol. The summed E-state index contributed by atoms with van der Waals surface area (Å²) >= 11 is 0. The van der Waals surface area contributed by atoms with Crippen molar-refractivity contribution in [2.45, 2.75) is 19.8 Å². The van der Waals surface area contributed by atoms with Gasteiger partial charge in [0.15, 0.2) is 0 Å². The van der Waals surface area contributed by atoms with Gasteiger partial charge >= 0.3 is 5.97 Å². The predicted octanol–water partition coefficient (Wildman–Crippen LogP) is 6.28. The fourth-order valence-corrected chi connectivity index (χ4v) is 4.31. The van der Waals surface area contributed by atoms with Gasteiger partial charge in [0.2, 0.25) is 0 Å². The van der Waals surface area contributed by atoms with Crippen LogP contribution in [-0.2, 0) is 0 Å². The molecular formula is C29H31FN2O2. The van der Waals surface area contributed by atoms with Gasteiger partial charge in [0.25, 0.3) is 0 Å². The number of rotatable bonds is 8. The van der Waals surface area contributed by atoms with Crippen LogP contribution in [-0.4, -0.2) is 48.7 Å². The van der Waals surface area contributed by atoms with E-state index in [0.29, 0.717) is 5.56 Å². The zero-order valence-corrected chi connectivity index (χ0v) is 19.6. The summed E-state index contributed by atoms with van der Waals surface area (Å²) in [6.45, 7) is 7.70. The molecule has 1 aliphatic heterocycles. The third-order valence-corrected chi connectivity index (χ3v) is 6.37. The molecule has 3 aromatic rings. The lowest BCUT2D eigenvalue weighted by atomic mass is 9.98. The van der Waals surface area contributed by atoms with Crippen molar-refractivity contribution >= 4 is 23.8 Å². The molecule has 4 nitrogen and oxygen atoms in total. The second-order valence-corrected chi connectivity index (χ2v) is 8.72. The SMILES string of the molecule is CCCCN1CCN(c2ccc(C=Cc3cc(-c4ccc(F)cc4)ccc3C(=O)O)cc2)CC1. The van der Waals surface area contributed by atoms with Crippen molar-refractivity contribution in [1.82, 2.24) is 4.90 Å². The van der Waals surface area contributed by atoms with Crippen molar-refractivity contribution in [2.75, 3.05) is 37.6 Å². The average molecular weight is 459 g/mol. The summed E-state index contributed by atoms with van der Waals surface area (Å²) in [6.07, 6.45) is 6.26. The van der Waals surface area contributed by atoms with Crippen LogP contribution in [0.3, 0.4) is 0 Å². The Balaban J connectivity index is 1.47. The standard InChI is InChI=1S/C29H31FN2O2/c1-2-3-16-31-17-19-32(20-18-31)27-13-5-22(6-14-27)4-7-25-21-24(10-15-28(25)29(33)34)23-8-11-26(30)12-9-23/h4-15,21H,2-3,16-20H2,1H3,(H,33,34). The molecule has 0 unspecified atom stereocenters. The van der Waals surface area contributed by atoms with E-state index in [1.165, 1.54) is 37.2 Å². The minimum absolute atomic E-state index is 0.236. The zero-order chi connectivity index (χ0) is 23.9. The molecule has 176 valence electrons. The highest BCUT2D eigenvalue weighted by Gasteiger charge is 2.16. The Labute approximate surface area is 201 Å². The van der Waals surface area contributed by atoms with Crippen LogP contribution in [0.4, 0.5) is 10.1 Å². The van der Waals surface area contributed by atoms with Gasteiger partial charge in [-0.15, -0.1) is 0 Å². The van der Waals surface area contributed by atoms with Crippen molar-refractivity contribution in [3.63, 3.8) is 0 Å². The Morgan fingerprint density at radius 2 is 1.59 bits per heavy atom. The van der Waals surface area contributed by atoms with Gasteiger partial charge in [0.1, 0.15) is 5.82 Å². The van der Waals surface area contributed by atoms with Crippen LogP contribution in [0, 0.1) is 5.82 Å². The largest absolute Gasteiger partial charge is 0.478 e. The Morgan fingerprint density at radius 3 is 2.24 bits per heavy atom. The number of nitrogens with zero attached hydrogens (tertiary/aromatic N) is 2. The highest BCUT2D eigenvalue weighted by Crippen LogP contribution is 2.25. The van der Waals surface area contributed by atoms with Crippen molar-refractivity contribution in [3.8, 4) is 11.1 Å². The molecule has 0 atom stereocenters. The molecule has 0 spiro atoms. The smallest absolute Gasteiger partial charge is 0.336 e. The van der Waals surface area contributed by atoms with Gasteiger partial charge in [-0.25, -0.2) is 9.18 Å². The van der Waals surface area contributed by atoms with E-state index in [4.69, 9.17) is 0 Å². The van der Waals surface area contributed by atoms with E-state index in [9.17, 15) is 14.3 Å². The number of carbonyl (C=O) groups is 1. The summed E-state index contributed by atoms with van der Waals surface area (Å²) in [6, 6.07) is 19.8. The second-order valence-electron chi connectivity index (χ2n) is 8.72. The second kappa shape index (κ2) is 11.1. The molecule has 1 N–H and O–H groups in total. The van der Waals surface area contributed by atoms with Crippen LogP contribution in [0.2, 0.25) is 0 Å². The first kappa shape index (κ1) is 23.7. The van der Waals surface area contributed by atoms with Gasteiger partial charge in [0, 0.05) is 31.9 Å². The van der Waals surface area contributed by atoms with Crippen molar-refractivity contribution in [1.29, 1.82) is 0 Å². The van der Waals surface area contributed by atoms with Gasteiger partial charge in [0.05, 0.1) is 5.56 Å². The number of carboxylic acids is 1. The summed E-state index contributed by atoms with van der Waals surface area (Å²) in [4.78, 5) is 16.7. The number of anilines is 1. The van der Waals surface area contributed by atoms with Crippen LogP contribution in [0.5, 0.6) is 0 Å². The Morgan fingerprint density at radius 1 is 0.912 bits per heavy atom. The topological polar surface area (TPSA) is 43.8 Å². The highest BCUT2D eigenvalue weighted by molar-refractivity contribution is 5.94. The van der Waals surface area contributed by atoms with E-state index >= 15 is 0 Å². The molecule has 4 rings (SSSR count). The third kappa shape index (κ3) is 5.91. The van der Waals surface area contributed by atoms with Crippen molar-refractivity contribution in [3.05, 3.63) is 89.2 Å². The van der Waals surface area contributed by atoms with Gasteiger partial charge in [-0.3, -0.25) is 4.90 Å². The molecule has 1 aliphatic rings. The maximum absolute atomic E-state index is 13.3. The predicted molar refractivity (Wildman–Crippen MR) is 138 cm³/mol. The summed E-state index contributed by atoms with van der Waals surface area (Å²) in [5.74, 6) is -1.27. The minimum atomic E-state index is -0.973. The maximum atomic E-state index is 13.3. The first-order valence-corrected chi connectivity index (χ1v) is 11.9. The Bertz CT molecular complexity index is 1130. The summed E-state index contributed by atoms with van der Waals surface area (Å²) in [5, 5.41) is 9.62. The molecule has 1 fully saturated rings. The molecule has 0 radical (unpaired) electrons. The lowest BCUT2D eigenvalue weighted by Crippen LogP contribution is -2.46. The molecule has 0 amide bonds. The molecule has 0 aliphatic carbocycles. The number of hydrogen-bond donors (Lipinski definition) is 1. The molecule has 3 aromatic carbocycles. The number of benzene rings is 3. The fourth-order valence-electron chi connectivity index (χ4n) is 4.31. The number of halogens is 1. The first-order chi connectivity index (χ1) is 16.5. The minimum Gasteiger partial charge on any atom is -0.478 e. The molecule has 0 saturated carbocycles. The van der Waals surface area contributed by atoms with E-state index in [1.807, 2.05) is 18.2 Å². The monoisotopic (exact) mass is 458 g/mol. The van der Waals surface area contributed by atoms with E-state index in [0.717, 1.165) is 42.9 Å². The van der Waals surface area contributed by atoms with E-state index in [-0.39, 0.29) is 11.4 Å². The quantitative estimate of drug-likeness (QED) is 0.403. The molecule has 0 bridgehead atoms. The summed E-state index contributed by atoms with van der Waals surface area (Å²) in [5.41, 5.74) is 4.76. The lowest BCUT2D eigenvalue weighted by Gasteiger charge is -2.36. The van der Waals surface area contributed by atoms with Gasteiger partial charge < -0.3 is 10.0 Å². The Kier molecular flexibility index (Phi) is 7.76. The molecule has 0 aromatic heterocycles. The average Bonchev–Trinajstić information content (AvgIpc) is 2.87. The fraction of sp³-hybridized carbons (Fsp3) is 0.276. The first-order valence-electron chi connectivity index (χ1n) is 11.9. The zero-order valence-electron chi connectivity index (χ0n) is 19.6. The van der Waals surface area contributed by atoms with Gasteiger partial charge in [-0.1, -0.05) is 55.8 Å². The lowest BCUT2D eigenvalue weighted by molar-refractivity contribution is 0.0696. The van der Waals surface area contributed by atoms with Crippen LogP contribution in [0.25, 0.3) is 23.3 Å². The summed E-state index contributed by atoms with van der Waals surface area (Å²) < 4.78 is 13.3. The number of aromatic carboxylic acids is 1. The summed E-state index contributed by atoms with van der Waals surface area (Å²) in [7, 11) is 0. The number of unbranched alkanes of at least 4 members (excludes halogenated alkanes) is 1. The van der Waals surface area contributed by atoms with E-state index in [2.05, 4.69) is 41.0 Å². The molecule has 5 heteroatoms.